The quantitative estimate of drug-likeness (QED) is 0.721. The Hall–Kier alpha value is -2.73. The van der Waals surface area contributed by atoms with Gasteiger partial charge in [-0.25, -0.2) is 9.97 Å². The highest BCUT2D eigenvalue weighted by atomic mass is 15.1. The van der Waals surface area contributed by atoms with E-state index in [2.05, 4.69) is 15.0 Å². The van der Waals surface area contributed by atoms with E-state index < -0.39 is 0 Å². The molecule has 0 radical (unpaired) electrons. The third kappa shape index (κ3) is 1.72. The van der Waals surface area contributed by atoms with Crippen molar-refractivity contribution in [1.29, 1.82) is 10.5 Å². The Bertz CT molecular complexity index is 656. The van der Waals surface area contributed by atoms with Crippen LogP contribution in [0.25, 0.3) is 5.82 Å². The van der Waals surface area contributed by atoms with Gasteiger partial charge in [0, 0.05) is 6.20 Å². The van der Waals surface area contributed by atoms with Gasteiger partial charge in [0.15, 0.2) is 17.2 Å². The van der Waals surface area contributed by atoms with Crippen molar-refractivity contribution in [2.24, 2.45) is 0 Å². The molecule has 0 saturated carbocycles. The molecule has 82 valence electrons. The van der Waals surface area contributed by atoms with Gasteiger partial charge in [0.1, 0.15) is 18.5 Å². The van der Waals surface area contributed by atoms with Crippen molar-refractivity contribution in [3.63, 3.8) is 0 Å². The summed E-state index contributed by atoms with van der Waals surface area (Å²) in [6.07, 6.45) is 3.06. The van der Waals surface area contributed by atoms with E-state index in [1.807, 2.05) is 19.1 Å². The second-order valence-corrected chi connectivity index (χ2v) is 3.46. The van der Waals surface area contributed by atoms with Crippen molar-refractivity contribution >= 4 is 0 Å². The highest BCUT2D eigenvalue weighted by Gasteiger charge is 2.14. The lowest BCUT2D eigenvalue weighted by molar-refractivity contribution is 0.911. The third-order valence-electron chi connectivity index (χ3n) is 2.26. The molecule has 0 unspecified atom stereocenters. The Kier molecular flexibility index (Phi) is 2.55. The Morgan fingerprint density at radius 3 is 2.59 bits per heavy atom. The minimum absolute atomic E-state index is 0.0928. The molecule has 2 rings (SSSR count). The highest BCUT2D eigenvalue weighted by molar-refractivity contribution is 5.42. The second kappa shape index (κ2) is 4.03. The van der Waals surface area contributed by atoms with Crippen LogP contribution in [0.4, 0.5) is 0 Å². The molecule has 0 amide bonds. The van der Waals surface area contributed by atoms with Crippen LogP contribution in [0, 0.1) is 36.5 Å². The van der Waals surface area contributed by atoms with Gasteiger partial charge in [-0.3, -0.25) is 9.55 Å². The second-order valence-electron chi connectivity index (χ2n) is 3.46. The average Bonchev–Trinajstić information content (AvgIpc) is 2.74. The normalized spacial score (nSPS) is 9.65. The summed E-state index contributed by atoms with van der Waals surface area (Å²) in [5.41, 5.74) is 1.68. The first-order valence-electron chi connectivity index (χ1n) is 4.85. The Morgan fingerprint density at radius 1 is 1.18 bits per heavy atom. The molecular formula is C11H8N6. The Morgan fingerprint density at radius 2 is 1.94 bits per heavy atom. The first kappa shape index (κ1) is 10.8. The molecule has 0 aliphatic heterocycles. The predicted molar refractivity (Wildman–Crippen MR) is 58.1 cm³/mol. The smallest absolute Gasteiger partial charge is 0.177 e. The maximum absolute atomic E-state index is 9.03. The fourth-order valence-electron chi connectivity index (χ4n) is 1.45. The number of hydrogen-bond donors (Lipinski definition) is 0. The minimum Gasteiger partial charge on any atom is -0.271 e. The molecule has 0 aliphatic rings. The van der Waals surface area contributed by atoms with Crippen molar-refractivity contribution < 1.29 is 0 Å². The van der Waals surface area contributed by atoms with E-state index >= 15 is 0 Å². The zero-order valence-corrected chi connectivity index (χ0v) is 9.34. The van der Waals surface area contributed by atoms with Crippen LogP contribution in [-0.4, -0.2) is 19.5 Å². The summed E-state index contributed by atoms with van der Waals surface area (Å²) in [6, 6.07) is 3.82. The van der Waals surface area contributed by atoms with E-state index in [9.17, 15) is 0 Å². The number of imidazole rings is 1. The molecule has 0 saturated heterocycles. The van der Waals surface area contributed by atoms with Crippen LogP contribution in [0.1, 0.15) is 22.8 Å². The highest BCUT2D eigenvalue weighted by Crippen LogP contribution is 2.14. The van der Waals surface area contributed by atoms with Gasteiger partial charge in [-0.05, 0) is 13.8 Å². The largest absolute Gasteiger partial charge is 0.271 e. The molecular weight excluding hydrogens is 216 g/mol. The van der Waals surface area contributed by atoms with E-state index in [1.165, 1.54) is 10.9 Å². The molecule has 0 atom stereocenters. The van der Waals surface area contributed by atoms with E-state index in [1.54, 1.807) is 13.1 Å². The van der Waals surface area contributed by atoms with E-state index in [4.69, 9.17) is 10.5 Å². The molecule has 0 N–H and O–H groups in total. The zero-order chi connectivity index (χ0) is 12.4. The molecule has 2 heterocycles. The topological polar surface area (TPSA) is 91.2 Å². The van der Waals surface area contributed by atoms with Crippen LogP contribution in [0.2, 0.25) is 0 Å². The van der Waals surface area contributed by atoms with Crippen molar-refractivity contribution in [3.05, 3.63) is 35.3 Å². The summed E-state index contributed by atoms with van der Waals surface area (Å²) in [4.78, 5) is 12.3. The van der Waals surface area contributed by atoms with Gasteiger partial charge >= 0.3 is 0 Å². The average molecular weight is 224 g/mol. The van der Waals surface area contributed by atoms with Crippen molar-refractivity contribution in [1.82, 2.24) is 19.5 Å². The summed E-state index contributed by atoms with van der Waals surface area (Å²) in [7, 11) is 0. The number of nitriles is 2. The maximum atomic E-state index is 9.03. The van der Waals surface area contributed by atoms with Gasteiger partial charge in [-0.2, -0.15) is 10.5 Å². The number of rotatable bonds is 1. The molecule has 0 aliphatic carbocycles. The van der Waals surface area contributed by atoms with Gasteiger partial charge in [-0.15, -0.1) is 0 Å². The first-order valence-corrected chi connectivity index (χ1v) is 4.85. The SMILES string of the molecule is Cc1cnc(C)c(-n2cnc(C#N)c2C#N)n1. The van der Waals surface area contributed by atoms with Crippen molar-refractivity contribution in [2.45, 2.75) is 13.8 Å². The molecule has 6 heteroatoms. The van der Waals surface area contributed by atoms with Crippen LogP contribution in [0.3, 0.4) is 0 Å². The molecule has 2 aromatic heterocycles. The fourth-order valence-corrected chi connectivity index (χ4v) is 1.45. The van der Waals surface area contributed by atoms with Gasteiger partial charge in [0.2, 0.25) is 0 Å². The van der Waals surface area contributed by atoms with Crippen LogP contribution in [0.15, 0.2) is 12.5 Å². The lowest BCUT2D eigenvalue weighted by Crippen LogP contribution is -2.05. The van der Waals surface area contributed by atoms with Crippen LogP contribution >= 0.6 is 0 Å². The van der Waals surface area contributed by atoms with Gasteiger partial charge in [-0.1, -0.05) is 0 Å². The first-order chi connectivity index (χ1) is 8.17. The van der Waals surface area contributed by atoms with Crippen molar-refractivity contribution in [3.8, 4) is 18.0 Å². The van der Waals surface area contributed by atoms with Gasteiger partial charge < -0.3 is 0 Å². The van der Waals surface area contributed by atoms with Gasteiger partial charge in [0.05, 0.1) is 11.4 Å². The van der Waals surface area contributed by atoms with Crippen LogP contribution in [-0.2, 0) is 0 Å². The summed E-state index contributed by atoms with van der Waals surface area (Å²) in [5, 5.41) is 17.9. The molecule has 17 heavy (non-hydrogen) atoms. The van der Waals surface area contributed by atoms with Crippen molar-refractivity contribution in [2.75, 3.05) is 0 Å². The number of aromatic nitrogens is 4. The number of nitrogens with zero attached hydrogens (tertiary/aromatic N) is 6. The summed E-state index contributed by atoms with van der Waals surface area (Å²) < 4.78 is 1.48. The predicted octanol–water partition coefficient (Wildman–Crippen LogP) is 1.02. The number of aryl methyl sites for hydroxylation is 2. The maximum Gasteiger partial charge on any atom is 0.177 e. The zero-order valence-electron chi connectivity index (χ0n) is 9.34. The van der Waals surface area contributed by atoms with Crippen LogP contribution in [0.5, 0.6) is 0 Å². The standard InChI is InChI=1S/C11H8N6/c1-7-5-14-8(2)11(16-7)17-6-15-9(3-12)10(17)4-13/h5-6H,1-2H3. The molecule has 0 spiro atoms. The molecule has 2 aromatic rings. The fraction of sp³-hybridized carbons (Fsp3) is 0.182. The Labute approximate surface area is 97.8 Å². The molecule has 0 aromatic carbocycles. The summed E-state index contributed by atoms with van der Waals surface area (Å²) in [6.45, 7) is 3.60. The lowest BCUT2D eigenvalue weighted by Gasteiger charge is -2.06. The lowest BCUT2D eigenvalue weighted by atomic mass is 10.3. The van der Waals surface area contributed by atoms with E-state index in [0.29, 0.717) is 11.5 Å². The third-order valence-corrected chi connectivity index (χ3v) is 2.26. The summed E-state index contributed by atoms with van der Waals surface area (Å²) >= 11 is 0. The molecule has 0 fully saturated rings. The van der Waals surface area contributed by atoms with Crippen LogP contribution < -0.4 is 0 Å². The van der Waals surface area contributed by atoms with E-state index in [-0.39, 0.29) is 11.4 Å². The molecule has 6 nitrogen and oxygen atoms in total. The molecule has 0 bridgehead atoms. The van der Waals surface area contributed by atoms with Gasteiger partial charge in [0.25, 0.3) is 0 Å². The Balaban J connectivity index is 2.70. The summed E-state index contributed by atoms with van der Waals surface area (Å²) in [5.74, 6) is 0.524. The monoisotopic (exact) mass is 224 g/mol. The number of hydrogen-bond acceptors (Lipinski definition) is 5. The van der Waals surface area contributed by atoms with E-state index in [0.717, 1.165) is 5.69 Å². The minimum atomic E-state index is 0.0928.